The van der Waals surface area contributed by atoms with Crippen molar-refractivity contribution in [2.45, 2.75) is 0 Å². The Balaban J connectivity index is 1.38. The summed E-state index contributed by atoms with van der Waals surface area (Å²) >= 11 is 1.92. The molecule has 0 aliphatic heterocycles. The van der Waals surface area contributed by atoms with Gasteiger partial charge in [0.2, 0.25) is 0 Å². The first-order chi connectivity index (χ1) is 20.8. The third-order valence-corrected chi connectivity index (χ3v) is 9.72. The van der Waals surface area contributed by atoms with Gasteiger partial charge in [-0.3, -0.25) is 0 Å². The van der Waals surface area contributed by atoms with Crippen molar-refractivity contribution in [1.29, 1.82) is 0 Å². The van der Waals surface area contributed by atoms with E-state index in [0.29, 0.717) is 0 Å². The van der Waals surface area contributed by atoms with Crippen LogP contribution in [-0.2, 0) is 0 Å². The van der Waals surface area contributed by atoms with Gasteiger partial charge in [0.15, 0.2) is 0 Å². The number of para-hydroxylation sites is 1. The van der Waals surface area contributed by atoms with E-state index in [1.165, 1.54) is 80.7 Å². The lowest BCUT2D eigenvalue weighted by atomic mass is 9.98. The molecule has 0 atom stereocenters. The standard InChI is InChI=1S/C40H25NS/c1-3-11-26(12-4-1)30-21-31(27-13-5-2-6-14-27)23-32(22-30)41-36-18-10-9-17-34(36)39-37(41)20-19-33-35-24-28-15-7-8-16-29(28)25-38(35)42-40(33)39/h1-25H. The number of rotatable bonds is 3. The van der Waals surface area contributed by atoms with Crippen LogP contribution in [0.3, 0.4) is 0 Å². The van der Waals surface area contributed by atoms with Crippen LogP contribution in [-0.4, -0.2) is 4.57 Å². The number of hydrogen-bond donors (Lipinski definition) is 0. The highest BCUT2D eigenvalue weighted by molar-refractivity contribution is 7.26. The summed E-state index contributed by atoms with van der Waals surface area (Å²) in [5.74, 6) is 0. The maximum atomic E-state index is 2.46. The minimum absolute atomic E-state index is 1.17. The fraction of sp³-hybridized carbons (Fsp3) is 0. The maximum Gasteiger partial charge on any atom is 0.0555 e. The van der Waals surface area contributed by atoms with Crippen LogP contribution in [0.25, 0.3) is 80.7 Å². The van der Waals surface area contributed by atoms with E-state index in [9.17, 15) is 0 Å². The highest BCUT2D eigenvalue weighted by atomic mass is 32.1. The summed E-state index contributed by atoms with van der Waals surface area (Å²) in [5, 5.41) is 7.88. The van der Waals surface area contributed by atoms with E-state index < -0.39 is 0 Å². The second kappa shape index (κ2) is 9.17. The molecule has 0 amide bonds. The molecule has 9 rings (SSSR count). The van der Waals surface area contributed by atoms with Crippen molar-refractivity contribution in [1.82, 2.24) is 4.57 Å². The third kappa shape index (κ3) is 3.56. The predicted octanol–water partition coefficient (Wildman–Crippen LogP) is 11.6. The number of hydrogen-bond acceptors (Lipinski definition) is 1. The van der Waals surface area contributed by atoms with Crippen molar-refractivity contribution < 1.29 is 0 Å². The van der Waals surface area contributed by atoms with Gasteiger partial charge in [0.1, 0.15) is 0 Å². The fourth-order valence-corrected chi connectivity index (χ4v) is 7.87. The highest BCUT2D eigenvalue weighted by Crippen LogP contribution is 2.44. The summed E-state index contributed by atoms with van der Waals surface area (Å²) in [5.41, 5.74) is 8.51. The van der Waals surface area contributed by atoms with Crippen LogP contribution in [0.5, 0.6) is 0 Å². The highest BCUT2D eigenvalue weighted by Gasteiger charge is 2.18. The molecule has 0 aliphatic carbocycles. The smallest absolute Gasteiger partial charge is 0.0555 e. The summed E-state index contributed by atoms with van der Waals surface area (Å²) in [4.78, 5) is 0. The maximum absolute atomic E-state index is 2.46. The van der Waals surface area contributed by atoms with Crippen molar-refractivity contribution >= 4 is 64.1 Å². The molecule has 0 radical (unpaired) electrons. The number of fused-ring (bicyclic) bond motifs is 8. The number of aromatic nitrogens is 1. The van der Waals surface area contributed by atoms with Crippen molar-refractivity contribution in [3.63, 3.8) is 0 Å². The average molecular weight is 552 g/mol. The molecule has 0 unspecified atom stereocenters. The van der Waals surface area contributed by atoms with Crippen molar-refractivity contribution in [3.8, 4) is 27.9 Å². The second-order valence-electron chi connectivity index (χ2n) is 11.0. The molecule has 0 bridgehead atoms. The van der Waals surface area contributed by atoms with E-state index in [0.717, 1.165) is 0 Å². The summed E-state index contributed by atoms with van der Waals surface area (Å²) in [6, 6.07) is 55.4. The molecule has 2 aromatic heterocycles. The molecule has 196 valence electrons. The quantitative estimate of drug-likeness (QED) is 0.206. The van der Waals surface area contributed by atoms with E-state index in [4.69, 9.17) is 0 Å². The molecule has 42 heavy (non-hydrogen) atoms. The van der Waals surface area contributed by atoms with Gasteiger partial charge in [0, 0.05) is 36.6 Å². The van der Waals surface area contributed by atoms with E-state index in [2.05, 4.69) is 156 Å². The molecule has 9 aromatic rings. The Bertz CT molecular complexity index is 2390. The topological polar surface area (TPSA) is 4.93 Å². The van der Waals surface area contributed by atoms with Crippen molar-refractivity contribution in [3.05, 3.63) is 152 Å². The lowest BCUT2D eigenvalue weighted by molar-refractivity contribution is 1.18. The monoisotopic (exact) mass is 551 g/mol. The predicted molar refractivity (Wildman–Crippen MR) is 182 cm³/mol. The number of nitrogens with zero attached hydrogens (tertiary/aromatic N) is 1. The second-order valence-corrected chi connectivity index (χ2v) is 12.0. The van der Waals surface area contributed by atoms with Gasteiger partial charge in [-0.1, -0.05) is 109 Å². The van der Waals surface area contributed by atoms with Crippen molar-refractivity contribution in [2.24, 2.45) is 0 Å². The van der Waals surface area contributed by atoms with Crippen LogP contribution in [0, 0.1) is 0 Å². The van der Waals surface area contributed by atoms with Gasteiger partial charge in [-0.2, -0.15) is 0 Å². The van der Waals surface area contributed by atoms with Gasteiger partial charge in [0.05, 0.1) is 11.0 Å². The molecule has 7 aromatic carbocycles. The molecule has 0 fully saturated rings. The first kappa shape index (κ1) is 23.5. The van der Waals surface area contributed by atoms with E-state index in [1.54, 1.807) is 0 Å². The Kier molecular flexibility index (Phi) is 5.13. The van der Waals surface area contributed by atoms with Crippen LogP contribution in [0.1, 0.15) is 0 Å². The molecular weight excluding hydrogens is 527 g/mol. The van der Waals surface area contributed by atoms with Gasteiger partial charge < -0.3 is 4.57 Å². The molecule has 1 nitrogen and oxygen atoms in total. The average Bonchev–Trinajstić information content (AvgIpc) is 3.59. The van der Waals surface area contributed by atoms with E-state index >= 15 is 0 Å². The van der Waals surface area contributed by atoms with Crippen molar-refractivity contribution in [2.75, 3.05) is 0 Å². The van der Waals surface area contributed by atoms with E-state index in [1.807, 2.05) is 11.3 Å². The SMILES string of the molecule is c1ccc(-c2cc(-c3ccccc3)cc(-n3c4ccccc4c4c5sc6cc7ccccc7cc6c5ccc43)c2)cc1. The zero-order chi connectivity index (χ0) is 27.6. The Morgan fingerprint density at radius 2 is 1.02 bits per heavy atom. The fourth-order valence-electron chi connectivity index (χ4n) is 6.58. The molecule has 0 N–H and O–H groups in total. The Morgan fingerprint density at radius 3 is 1.74 bits per heavy atom. The Labute approximate surface area is 247 Å². The zero-order valence-electron chi connectivity index (χ0n) is 22.8. The van der Waals surface area contributed by atoms with Gasteiger partial charge in [-0.15, -0.1) is 11.3 Å². The molecule has 0 spiro atoms. The molecule has 0 saturated carbocycles. The van der Waals surface area contributed by atoms with Crippen LogP contribution < -0.4 is 0 Å². The van der Waals surface area contributed by atoms with Crippen LogP contribution >= 0.6 is 11.3 Å². The lowest BCUT2D eigenvalue weighted by Gasteiger charge is -2.14. The molecule has 0 aliphatic rings. The molecule has 2 heteroatoms. The molecule has 0 saturated heterocycles. The lowest BCUT2D eigenvalue weighted by Crippen LogP contribution is -1.96. The first-order valence-electron chi connectivity index (χ1n) is 14.4. The number of benzene rings is 7. The van der Waals surface area contributed by atoms with Gasteiger partial charge >= 0.3 is 0 Å². The van der Waals surface area contributed by atoms with Crippen LogP contribution in [0.2, 0.25) is 0 Å². The van der Waals surface area contributed by atoms with Gasteiger partial charge in [-0.05, 0) is 75.5 Å². The van der Waals surface area contributed by atoms with Crippen LogP contribution in [0.15, 0.2) is 152 Å². The zero-order valence-corrected chi connectivity index (χ0v) is 23.6. The molecular formula is C40H25NS. The Morgan fingerprint density at radius 1 is 0.405 bits per heavy atom. The summed E-state index contributed by atoms with van der Waals surface area (Å²) in [7, 11) is 0. The minimum Gasteiger partial charge on any atom is -0.309 e. The summed E-state index contributed by atoms with van der Waals surface area (Å²) < 4.78 is 5.16. The first-order valence-corrected chi connectivity index (χ1v) is 15.2. The van der Waals surface area contributed by atoms with Gasteiger partial charge in [0.25, 0.3) is 0 Å². The van der Waals surface area contributed by atoms with Gasteiger partial charge in [-0.25, -0.2) is 0 Å². The van der Waals surface area contributed by atoms with E-state index in [-0.39, 0.29) is 0 Å². The van der Waals surface area contributed by atoms with Crippen LogP contribution in [0.4, 0.5) is 0 Å². The summed E-state index contributed by atoms with van der Waals surface area (Å²) in [6.07, 6.45) is 0. The number of thiophene rings is 1. The minimum atomic E-state index is 1.17. The largest absolute Gasteiger partial charge is 0.309 e. The normalized spacial score (nSPS) is 11.8. The molecule has 2 heterocycles. The summed E-state index contributed by atoms with van der Waals surface area (Å²) in [6.45, 7) is 0. The third-order valence-electron chi connectivity index (χ3n) is 8.53. The Hall–Kier alpha value is -5.18.